The van der Waals surface area contributed by atoms with Crippen LogP contribution >= 0.6 is 0 Å². The monoisotopic (exact) mass is 311 g/mol. The summed E-state index contributed by atoms with van der Waals surface area (Å²) in [5.41, 5.74) is 1.89. The molecule has 1 N–H and O–H groups in total. The Morgan fingerprint density at radius 1 is 1.05 bits per heavy atom. The lowest BCUT2D eigenvalue weighted by Gasteiger charge is -2.18. The largest absolute Gasteiger partial charge is 0.283 e. The Hall–Kier alpha value is -1.03. The molecule has 0 aromatic heterocycles. The second-order valence-electron chi connectivity index (χ2n) is 5.65. The molecule has 0 amide bonds. The number of hydrogen-bond acceptors (Lipinski definition) is 2. The third-order valence-electron chi connectivity index (χ3n) is 3.67. The zero-order valence-corrected chi connectivity index (χ0v) is 14.4. The van der Waals surface area contributed by atoms with Crippen LogP contribution < -0.4 is 4.72 Å². The van der Waals surface area contributed by atoms with Gasteiger partial charge in [0.25, 0.3) is 0 Å². The van der Waals surface area contributed by atoms with Gasteiger partial charge in [0, 0.05) is 5.69 Å². The van der Waals surface area contributed by atoms with Gasteiger partial charge in [-0.25, -0.2) is 8.42 Å². The molecule has 1 aromatic rings. The van der Waals surface area contributed by atoms with Gasteiger partial charge in [0.05, 0.1) is 5.25 Å². The molecule has 0 aliphatic rings. The van der Waals surface area contributed by atoms with E-state index in [0.717, 1.165) is 44.9 Å². The zero-order valence-electron chi connectivity index (χ0n) is 13.6. The smallest absolute Gasteiger partial charge is 0.235 e. The Balaban J connectivity index is 2.82. The van der Waals surface area contributed by atoms with Crippen LogP contribution in [0.15, 0.2) is 24.3 Å². The fourth-order valence-electron chi connectivity index (χ4n) is 2.52. The van der Waals surface area contributed by atoms with Crippen molar-refractivity contribution < 1.29 is 8.42 Å². The quantitative estimate of drug-likeness (QED) is 0.678. The molecule has 0 atom stereocenters. The number of unbranched alkanes of at least 4 members (excludes halogenated alkanes) is 1. The van der Waals surface area contributed by atoms with E-state index >= 15 is 0 Å². The summed E-state index contributed by atoms with van der Waals surface area (Å²) in [6.45, 7) is 6.22. The van der Waals surface area contributed by atoms with Gasteiger partial charge in [0.15, 0.2) is 0 Å². The number of hydrogen-bond donors (Lipinski definition) is 1. The highest BCUT2D eigenvalue weighted by atomic mass is 32.2. The highest BCUT2D eigenvalue weighted by molar-refractivity contribution is 7.93. The van der Waals surface area contributed by atoms with Crippen molar-refractivity contribution >= 4 is 15.7 Å². The van der Waals surface area contributed by atoms with Crippen LogP contribution in [0.2, 0.25) is 0 Å². The van der Waals surface area contributed by atoms with E-state index in [0.29, 0.717) is 5.69 Å². The fraction of sp³-hybridized carbons (Fsp3) is 0.647. The molecular weight excluding hydrogens is 282 g/mol. The maximum atomic E-state index is 12.5. The van der Waals surface area contributed by atoms with Crippen LogP contribution in [0.25, 0.3) is 0 Å². The molecule has 21 heavy (non-hydrogen) atoms. The van der Waals surface area contributed by atoms with Crippen LogP contribution in [0.4, 0.5) is 5.69 Å². The maximum absolute atomic E-state index is 12.5. The Morgan fingerprint density at radius 2 is 1.71 bits per heavy atom. The highest BCUT2D eigenvalue weighted by Crippen LogP contribution is 2.20. The number of rotatable bonds is 10. The normalized spacial score (nSPS) is 11.8. The third-order valence-corrected chi connectivity index (χ3v) is 5.54. The van der Waals surface area contributed by atoms with Crippen molar-refractivity contribution in [1.29, 1.82) is 0 Å². The number of anilines is 1. The lowest BCUT2D eigenvalue weighted by atomic mass is 10.1. The second kappa shape index (κ2) is 9.08. The van der Waals surface area contributed by atoms with Crippen molar-refractivity contribution in [2.75, 3.05) is 4.72 Å². The van der Waals surface area contributed by atoms with Gasteiger partial charge < -0.3 is 0 Å². The van der Waals surface area contributed by atoms with Gasteiger partial charge in [0.1, 0.15) is 0 Å². The predicted octanol–water partition coefficient (Wildman–Crippen LogP) is 4.74. The van der Waals surface area contributed by atoms with Crippen molar-refractivity contribution in [1.82, 2.24) is 0 Å². The molecule has 0 radical (unpaired) electrons. The Kier molecular flexibility index (Phi) is 7.79. The number of sulfonamides is 1. The molecule has 0 heterocycles. The minimum atomic E-state index is -3.29. The minimum absolute atomic E-state index is 0.285. The average molecular weight is 311 g/mol. The van der Waals surface area contributed by atoms with Crippen LogP contribution in [0.1, 0.15) is 64.9 Å². The standard InChI is InChI=1S/C17H29NO2S/c1-4-7-11-15-12-8-13-16(14-15)18-21(19,20)17(9-5-2)10-6-3/h8,12-14,17-18H,4-7,9-11H2,1-3H3. The Morgan fingerprint density at radius 3 is 2.29 bits per heavy atom. The third kappa shape index (κ3) is 6.08. The summed E-state index contributed by atoms with van der Waals surface area (Å²) >= 11 is 0. The molecule has 1 rings (SSSR count). The minimum Gasteiger partial charge on any atom is -0.283 e. The molecule has 0 spiro atoms. The predicted molar refractivity (Wildman–Crippen MR) is 91.2 cm³/mol. The fourth-order valence-corrected chi connectivity index (χ4v) is 4.23. The molecule has 0 saturated carbocycles. The topological polar surface area (TPSA) is 46.2 Å². The first kappa shape index (κ1) is 18.0. The van der Waals surface area contributed by atoms with Gasteiger partial charge in [-0.1, -0.05) is 52.2 Å². The molecule has 0 aliphatic heterocycles. The SMILES string of the molecule is CCCCc1cccc(NS(=O)(=O)C(CCC)CCC)c1. The highest BCUT2D eigenvalue weighted by Gasteiger charge is 2.23. The lowest BCUT2D eigenvalue weighted by molar-refractivity contribution is 0.560. The first-order valence-electron chi connectivity index (χ1n) is 8.14. The van der Waals surface area contributed by atoms with Crippen LogP contribution in [0.3, 0.4) is 0 Å². The summed E-state index contributed by atoms with van der Waals surface area (Å²) in [6, 6.07) is 7.78. The van der Waals surface area contributed by atoms with Crippen LogP contribution in [0, 0.1) is 0 Å². The van der Waals surface area contributed by atoms with Crippen molar-refractivity contribution in [2.24, 2.45) is 0 Å². The molecule has 0 bridgehead atoms. The Bertz CT molecular complexity index is 505. The van der Waals surface area contributed by atoms with Gasteiger partial charge in [0.2, 0.25) is 10.0 Å². The van der Waals surface area contributed by atoms with Gasteiger partial charge >= 0.3 is 0 Å². The van der Waals surface area contributed by atoms with E-state index in [9.17, 15) is 8.42 Å². The van der Waals surface area contributed by atoms with Gasteiger partial charge in [-0.15, -0.1) is 0 Å². The number of nitrogens with one attached hydrogen (secondary N) is 1. The first-order valence-corrected chi connectivity index (χ1v) is 9.68. The van der Waals surface area contributed by atoms with E-state index in [1.54, 1.807) is 0 Å². The molecule has 0 saturated heterocycles. The molecule has 3 nitrogen and oxygen atoms in total. The molecule has 0 aliphatic carbocycles. The number of aryl methyl sites for hydroxylation is 1. The van der Waals surface area contributed by atoms with Gasteiger partial charge in [-0.2, -0.15) is 0 Å². The van der Waals surface area contributed by atoms with Crippen molar-refractivity contribution in [2.45, 2.75) is 71.0 Å². The van der Waals surface area contributed by atoms with E-state index in [1.807, 2.05) is 32.0 Å². The van der Waals surface area contributed by atoms with E-state index in [1.165, 1.54) is 5.56 Å². The van der Waals surface area contributed by atoms with E-state index in [2.05, 4.69) is 17.7 Å². The van der Waals surface area contributed by atoms with Crippen LogP contribution in [-0.4, -0.2) is 13.7 Å². The summed E-state index contributed by atoms with van der Waals surface area (Å²) in [4.78, 5) is 0. The molecule has 120 valence electrons. The van der Waals surface area contributed by atoms with Gasteiger partial charge in [-0.3, -0.25) is 4.72 Å². The van der Waals surface area contributed by atoms with Crippen molar-refractivity contribution in [3.8, 4) is 0 Å². The summed E-state index contributed by atoms with van der Waals surface area (Å²) in [7, 11) is -3.29. The van der Waals surface area contributed by atoms with E-state index in [4.69, 9.17) is 0 Å². The Labute approximate surface area is 130 Å². The summed E-state index contributed by atoms with van der Waals surface area (Å²) in [5, 5.41) is -0.285. The first-order chi connectivity index (χ1) is 10.0. The molecule has 1 aromatic carbocycles. The van der Waals surface area contributed by atoms with Crippen molar-refractivity contribution in [3.63, 3.8) is 0 Å². The van der Waals surface area contributed by atoms with E-state index < -0.39 is 10.0 Å². The summed E-state index contributed by atoms with van der Waals surface area (Å²) in [5.74, 6) is 0. The average Bonchev–Trinajstić information content (AvgIpc) is 2.45. The molecule has 0 fully saturated rings. The molecule has 4 heteroatoms. The summed E-state index contributed by atoms with van der Waals surface area (Å²) in [6.07, 6.45) is 6.50. The van der Waals surface area contributed by atoms with Crippen LogP contribution in [0.5, 0.6) is 0 Å². The molecular formula is C17H29NO2S. The zero-order chi connectivity index (χ0) is 15.7. The maximum Gasteiger partial charge on any atom is 0.235 e. The van der Waals surface area contributed by atoms with Crippen LogP contribution in [-0.2, 0) is 16.4 Å². The van der Waals surface area contributed by atoms with Crippen molar-refractivity contribution in [3.05, 3.63) is 29.8 Å². The lowest BCUT2D eigenvalue weighted by Crippen LogP contribution is -2.27. The number of benzene rings is 1. The van der Waals surface area contributed by atoms with E-state index in [-0.39, 0.29) is 5.25 Å². The molecule has 0 unspecified atom stereocenters. The second-order valence-corrected chi connectivity index (χ2v) is 7.61. The summed E-state index contributed by atoms with van der Waals surface area (Å²) < 4.78 is 27.8. The van der Waals surface area contributed by atoms with Gasteiger partial charge in [-0.05, 0) is 43.4 Å².